The first-order valence-electron chi connectivity index (χ1n) is 6.54. The molecule has 0 atom stereocenters. The van der Waals surface area contributed by atoms with Crippen molar-refractivity contribution in [1.82, 2.24) is 4.98 Å². The summed E-state index contributed by atoms with van der Waals surface area (Å²) in [6.07, 6.45) is 1.34. The molecule has 106 valence electrons. The molecule has 5 heteroatoms. The molecule has 1 aromatic heterocycles. The van der Waals surface area contributed by atoms with Crippen LogP contribution < -0.4 is 0 Å². The highest BCUT2D eigenvalue weighted by atomic mass is 32.2. The second-order valence-corrected chi connectivity index (χ2v) is 6.27. The summed E-state index contributed by atoms with van der Waals surface area (Å²) in [5.74, 6) is 0.569. The van der Waals surface area contributed by atoms with E-state index < -0.39 is 0 Å². The highest BCUT2D eigenvalue weighted by Gasteiger charge is 2.06. The summed E-state index contributed by atoms with van der Waals surface area (Å²) >= 11 is 3.27. The summed E-state index contributed by atoms with van der Waals surface area (Å²) < 4.78 is 5.22. The zero-order chi connectivity index (χ0) is 14.2. The normalized spacial score (nSPS) is 10.4. The maximum absolute atomic E-state index is 11.6. The lowest BCUT2D eigenvalue weighted by molar-refractivity contribution is -0.144. The third-order valence-electron chi connectivity index (χ3n) is 2.60. The van der Waals surface area contributed by atoms with Gasteiger partial charge in [-0.15, -0.1) is 23.1 Å². The second-order valence-electron chi connectivity index (χ2n) is 4.16. The van der Waals surface area contributed by atoms with Gasteiger partial charge in [-0.2, -0.15) is 0 Å². The lowest BCUT2D eigenvalue weighted by atomic mass is 10.4. The van der Waals surface area contributed by atoms with Gasteiger partial charge < -0.3 is 4.74 Å². The predicted molar refractivity (Wildman–Crippen MR) is 83.1 cm³/mol. The first-order valence-corrected chi connectivity index (χ1v) is 8.41. The SMILES string of the molecule is CCc1nc(COC(=O)CCSc2ccccc2)cs1. The van der Waals surface area contributed by atoms with Crippen LogP contribution in [-0.2, 0) is 22.6 Å². The minimum absolute atomic E-state index is 0.167. The molecule has 0 aliphatic rings. The average molecular weight is 307 g/mol. The number of hydrogen-bond donors (Lipinski definition) is 0. The van der Waals surface area contributed by atoms with E-state index in [1.807, 2.05) is 35.7 Å². The van der Waals surface area contributed by atoms with Crippen molar-refractivity contribution in [3.05, 3.63) is 46.4 Å². The number of esters is 1. The number of ether oxygens (including phenoxy) is 1. The molecule has 0 spiro atoms. The van der Waals surface area contributed by atoms with Crippen molar-refractivity contribution >= 4 is 29.1 Å². The van der Waals surface area contributed by atoms with E-state index in [0.717, 1.165) is 22.9 Å². The molecule has 1 heterocycles. The molecular weight excluding hydrogens is 290 g/mol. The van der Waals surface area contributed by atoms with Gasteiger partial charge in [0.2, 0.25) is 0 Å². The van der Waals surface area contributed by atoms with Crippen molar-refractivity contribution in [2.75, 3.05) is 5.75 Å². The van der Waals surface area contributed by atoms with E-state index in [4.69, 9.17) is 4.74 Å². The molecule has 20 heavy (non-hydrogen) atoms. The lowest BCUT2D eigenvalue weighted by Crippen LogP contribution is -2.05. The molecule has 0 amide bonds. The molecule has 0 N–H and O–H groups in total. The largest absolute Gasteiger partial charge is 0.459 e. The number of rotatable bonds is 7. The smallest absolute Gasteiger partial charge is 0.307 e. The minimum atomic E-state index is -0.167. The Morgan fingerprint density at radius 3 is 2.85 bits per heavy atom. The molecule has 2 aromatic rings. The average Bonchev–Trinajstić information content (AvgIpc) is 2.94. The summed E-state index contributed by atoms with van der Waals surface area (Å²) in [4.78, 5) is 17.2. The Bertz CT molecular complexity index is 540. The number of benzene rings is 1. The van der Waals surface area contributed by atoms with E-state index in [9.17, 15) is 4.79 Å². The number of nitrogens with zero attached hydrogens (tertiary/aromatic N) is 1. The van der Waals surface area contributed by atoms with Crippen LogP contribution in [0.5, 0.6) is 0 Å². The van der Waals surface area contributed by atoms with Crippen LogP contribution in [0.2, 0.25) is 0 Å². The fourth-order valence-corrected chi connectivity index (χ4v) is 3.16. The lowest BCUT2D eigenvalue weighted by Gasteiger charge is -2.03. The summed E-state index contributed by atoms with van der Waals surface area (Å²) in [7, 11) is 0. The van der Waals surface area contributed by atoms with Gasteiger partial charge in [0.05, 0.1) is 17.1 Å². The Morgan fingerprint density at radius 2 is 2.15 bits per heavy atom. The Labute approximate surface area is 127 Å². The van der Waals surface area contributed by atoms with Gasteiger partial charge in [0, 0.05) is 16.0 Å². The molecule has 0 saturated carbocycles. The molecule has 0 unspecified atom stereocenters. The molecular formula is C15H17NO2S2. The molecule has 2 rings (SSSR count). The van der Waals surface area contributed by atoms with Crippen LogP contribution in [0.3, 0.4) is 0 Å². The van der Waals surface area contributed by atoms with Crippen molar-refractivity contribution < 1.29 is 9.53 Å². The van der Waals surface area contributed by atoms with Gasteiger partial charge >= 0.3 is 5.97 Å². The fourth-order valence-electron chi connectivity index (χ4n) is 1.57. The standard InChI is InChI=1S/C15H17NO2S2/c1-2-14-16-12(11-20-14)10-18-15(17)8-9-19-13-6-4-3-5-7-13/h3-7,11H,2,8-10H2,1H3. The van der Waals surface area contributed by atoms with Crippen LogP contribution in [0.4, 0.5) is 0 Å². The van der Waals surface area contributed by atoms with Gasteiger partial charge in [0.15, 0.2) is 0 Å². The highest BCUT2D eigenvalue weighted by Crippen LogP contribution is 2.18. The fraction of sp³-hybridized carbons (Fsp3) is 0.333. The van der Waals surface area contributed by atoms with Crippen LogP contribution in [0.15, 0.2) is 40.6 Å². The summed E-state index contributed by atoms with van der Waals surface area (Å²) in [5, 5.41) is 3.03. The van der Waals surface area contributed by atoms with Crippen LogP contribution in [0, 0.1) is 0 Å². The maximum atomic E-state index is 11.6. The second kappa shape index (κ2) is 8.07. The summed E-state index contributed by atoms with van der Waals surface area (Å²) in [5.41, 5.74) is 0.843. The zero-order valence-electron chi connectivity index (χ0n) is 11.4. The van der Waals surface area contributed by atoms with E-state index in [1.165, 1.54) is 4.90 Å². The first kappa shape index (κ1) is 15.1. The van der Waals surface area contributed by atoms with Crippen LogP contribution in [-0.4, -0.2) is 16.7 Å². The van der Waals surface area contributed by atoms with Crippen molar-refractivity contribution in [2.24, 2.45) is 0 Å². The molecule has 0 radical (unpaired) electrons. The van der Waals surface area contributed by atoms with Crippen LogP contribution >= 0.6 is 23.1 Å². The van der Waals surface area contributed by atoms with Crippen LogP contribution in [0.25, 0.3) is 0 Å². The van der Waals surface area contributed by atoms with E-state index >= 15 is 0 Å². The first-order chi connectivity index (χ1) is 9.78. The Kier molecular flexibility index (Phi) is 6.08. The minimum Gasteiger partial charge on any atom is -0.459 e. The molecule has 0 saturated heterocycles. The Balaban J connectivity index is 1.65. The topological polar surface area (TPSA) is 39.2 Å². The Morgan fingerprint density at radius 1 is 1.35 bits per heavy atom. The van der Waals surface area contributed by atoms with Gasteiger partial charge in [-0.25, -0.2) is 4.98 Å². The molecule has 3 nitrogen and oxygen atoms in total. The summed E-state index contributed by atoms with van der Waals surface area (Å²) in [6.45, 7) is 2.35. The molecule has 0 aliphatic heterocycles. The van der Waals surface area contributed by atoms with E-state index in [2.05, 4.69) is 11.9 Å². The molecule has 0 fully saturated rings. The quantitative estimate of drug-likeness (QED) is 0.574. The Hall–Kier alpha value is -1.33. The van der Waals surface area contributed by atoms with E-state index in [1.54, 1.807) is 23.1 Å². The molecule has 1 aromatic carbocycles. The van der Waals surface area contributed by atoms with Gasteiger partial charge in [-0.1, -0.05) is 25.1 Å². The number of aromatic nitrogens is 1. The van der Waals surface area contributed by atoms with Gasteiger partial charge in [0.1, 0.15) is 6.61 Å². The number of carbonyl (C=O) groups excluding carboxylic acids is 1. The monoisotopic (exact) mass is 307 g/mol. The third kappa shape index (κ3) is 4.98. The van der Waals surface area contributed by atoms with E-state index in [-0.39, 0.29) is 12.6 Å². The number of carbonyl (C=O) groups is 1. The highest BCUT2D eigenvalue weighted by molar-refractivity contribution is 7.99. The van der Waals surface area contributed by atoms with Gasteiger partial charge in [-0.3, -0.25) is 4.79 Å². The zero-order valence-corrected chi connectivity index (χ0v) is 13.0. The summed E-state index contributed by atoms with van der Waals surface area (Å²) in [6, 6.07) is 10.0. The molecule has 0 bridgehead atoms. The van der Waals surface area contributed by atoms with Gasteiger partial charge in [0.25, 0.3) is 0 Å². The van der Waals surface area contributed by atoms with Crippen molar-refractivity contribution in [3.63, 3.8) is 0 Å². The van der Waals surface area contributed by atoms with E-state index in [0.29, 0.717) is 6.42 Å². The van der Waals surface area contributed by atoms with Gasteiger partial charge in [-0.05, 0) is 18.6 Å². The number of hydrogen-bond acceptors (Lipinski definition) is 5. The number of thioether (sulfide) groups is 1. The predicted octanol–water partition coefficient (Wildman–Crippen LogP) is 3.93. The maximum Gasteiger partial charge on any atom is 0.307 e. The van der Waals surface area contributed by atoms with Crippen molar-refractivity contribution in [1.29, 1.82) is 0 Å². The van der Waals surface area contributed by atoms with Crippen molar-refractivity contribution in [2.45, 2.75) is 31.3 Å². The third-order valence-corrected chi connectivity index (χ3v) is 4.66. The number of thiazole rings is 1. The molecule has 0 aliphatic carbocycles. The number of aryl methyl sites for hydroxylation is 1. The van der Waals surface area contributed by atoms with Crippen LogP contribution in [0.1, 0.15) is 24.0 Å². The van der Waals surface area contributed by atoms with Crippen molar-refractivity contribution in [3.8, 4) is 0 Å².